The summed E-state index contributed by atoms with van der Waals surface area (Å²) in [6, 6.07) is 9.20. The number of aliphatic hydroxyl groups is 1. The lowest BCUT2D eigenvalue weighted by molar-refractivity contribution is 0.265. The van der Waals surface area contributed by atoms with E-state index in [1.165, 1.54) is 0 Å². The van der Waals surface area contributed by atoms with Gasteiger partial charge in [0.25, 0.3) is 0 Å². The van der Waals surface area contributed by atoms with E-state index in [4.69, 9.17) is 0 Å². The molecule has 0 bridgehead atoms. The summed E-state index contributed by atoms with van der Waals surface area (Å²) in [5, 5.41) is 22.0. The van der Waals surface area contributed by atoms with Crippen LogP contribution in [0.4, 0.5) is 11.8 Å². The SMILES string of the molecule is OCC1CCCN1c1nccc(NCCc2ccc(O)cc2)n1. The number of nitrogens with one attached hydrogen (secondary N) is 1. The first-order valence-corrected chi connectivity index (χ1v) is 7.98. The van der Waals surface area contributed by atoms with Gasteiger partial charge in [0.15, 0.2) is 0 Å². The van der Waals surface area contributed by atoms with Gasteiger partial charge >= 0.3 is 0 Å². The molecule has 0 saturated carbocycles. The molecule has 23 heavy (non-hydrogen) atoms. The Labute approximate surface area is 135 Å². The summed E-state index contributed by atoms with van der Waals surface area (Å²) in [6.45, 7) is 1.79. The van der Waals surface area contributed by atoms with Crippen molar-refractivity contribution < 1.29 is 10.2 Å². The number of phenolic OH excluding ortho intramolecular Hbond substituents is 1. The summed E-state index contributed by atoms with van der Waals surface area (Å²) < 4.78 is 0. The van der Waals surface area contributed by atoms with Crippen molar-refractivity contribution in [3.05, 3.63) is 42.1 Å². The van der Waals surface area contributed by atoms with Gasteiger partial charge in [0.2, 0.25) is 5.95 Å². The number of benzene rings is 1. The normalized spacial score (nSPS) is 17.4. The first kappa shape index (κ1) is 15.6. The highest BCUT2D eigenvalue weighted by molar-refractivity contribution is 5.43. The molecule has 1 aromatic heterocycles. The Hall–Kier alpha value is -2.34. The van der Waals surface area contributed by atoms with Gasteiger partial charge in [0.05, 0.1) is 12.6 Å². The second kappa shape index (κ2) is 7.28. The largest absolute Gasteiger partial charge is 0.508 e. The zero-order valence-electron chi connectivity index (χ0n) is 13.0. The van der Waals surface area contributed by atoms with Gasteiger partial charge < -0.3 is 20.4 Å². The van der Waals surface area contributed by atoms with Gasteiger partial charge in [0, 0.05) is 19.3 Å². The van der Waals surface area contributed by atoms with Crippen LogP contribution in [0.1, 0.15) is 18.4 Å². The summed E-state index contributed by atoms with van der Waals surface area (Å²) in [5.74, 6) is 1.75. The second-order valence-electron chi connectivity index (χ2n) is 5.76. The molecule has 1 aliphatic rings. The van der Waals surface area contributed by atoms with Crippen molar-refractivity contribution in [2.75, 3.05) is 29.9 Å². The number of hydrogen-bond acceptors (Lipinski definition) is 6. The molecule has 3 N–H and O–H groups in total. The lowest BCUT2D eigenvalue weighted by Gasteiger charge is -2.23. The van der Waals surface area contributed by atoms with E-state index in [0.717, 1.165) is 43.7 Å². The summed E-state index contributed by atoms with van der Waals surface area (Å²) in [4.78, 5) is 11.0. The lowest BCUT2D eigenvalue weighted by Crippen LogP contribution is -2.33. The molecule has 1 aromatic carbocycles. The Morgan fingerprint density at radius 2 is 2.04 bits per heavy atom. The molecule has 2 aromatic rings. The van der Waals surface area contributed by atoms with Crippen LogP contribution in [0.2, 0.25) is 0 Å². The van der Waals surface area contributed by atoms with Crippen molar-refractivity contribution in [2.45, 2.75) is 25.3 Å². The molecular formula is C17H22N4O2. The van der Waals surface area contributed by atoms with Crippen LogP contribution in [0, 0.1) is 0 Å². The third-order valence-corrected chi connectivity index (χ3v) is 4.14. The van der Waals surface area contributed by atoms with Crippen LogP contribution in [0.3, 0.4) is 0 Å². The molecule has 1 unspecified atom stereocenters. The Kier molecular flexibility index (Phi) is 4.92. The molecule has 1 saturated heterocycles. The van der Waals surface area contributed by atoms with E-state index < -0.39 is 0 Å². The molecule has 2 heterocycles. The fourth-order valence-electron chi connectivity index (χ4n) is 2.87. The highest BCUT2D eigenvalue weighted by Crippen LogP contribution is 2.22. The smallest absolute Gasteiger partial charge is 0.227 e. The van der Waals surface area contributed by atoms with Crippen LogP contribution >= 0.6 is 0 Å². The molecular weight excluding hydrogens is 292 g/mol. The molecule has 6 heteroatoms. The van der Waals surface area contributed by atoms with E-state index in [-0.39, 0.29) is 18.4 Å². The van der Waals surface area contributed by atoms with Crippen molar-refractivity contribution in [3.63, 3.8) is 0 Å². The van der Waals surface area contributed by atoms with Crippen molar-refractivity contribution >= 4 is 11.8 Å². The minimum Gasteiger partial charge on any atom is -0.508 e. The van der Waals surface area contributed by atoms with Crippen LogP contribution < -0.4 is 10.2 Å². The fourth-order valence-corrected chi connectivity index (χ4v) is 2.87. The van der Waals surface area contributed by atoms with Crippen molar-refractivity contribution in [1.29, 1.82) is 0 Å². The number of anilines is 2. The second-order valence-corrected chi connectivity index (χ2v) is 5.76. The van der Waals surface area contributed by atoms with Gasteiger partial charge in [-0.2, -0.15) is 4.98 Å². The lowest BCUT2D eigenvalue weighted by atomic mass is 10.1. The van der Waals surface area contributed by atoms with Gasteiger partial charge in [0.1, 0.15) is 11.6 Å². The molecule has 0 radical (unpaired) electrons. The standard InChI is InChI=1S/C17H22N4O2/c22-12-14-2-1-11-21(14)17-19-10-8-16(20-17)18-9-7-13-3-5-15(23)6-4-13/h3-6,8,10,14,22-23H,1-2,7,9,11-12H2,(H,18,19,20). The fraction of sp³-hybridized carbons (Fsp3) is 0.412. The molecule has 122 valence electrons. The highest BCUT2D eigenvalue weighted by Gasteiger charge is 2.25. The summed E-state index contributed by atoms with van der Waals surface area (Å²) in [6.07, 6.45) is 4.64. The Balaban J connectivity index is 1.58. The maximum absolute atomic E-state index is 9.42. The zero-order valence-corrected chi connectivity index (χ0v) is 13.0. The van der Waals surface area contributed by atoms with Crippen LogP contribution in [0.25, 0.3) is 0 Å². The van der Waals surface area contributed by atoms with E-state index in [9.17, 15) is 10.2 Å². The molecule has 0 aliphatic carbocycles. The third-order valence-electron chi connectivity index (χ3n) is 4.14. The molecule has 1 fully saturated rings. The quantitative estimate of drug-likeness (QED) is 0.754. The topological polar surface area (TPSA) is 81.5 Å². The number of rotatable bonds is 6. The van der Waals surface area contributed by atoms with Crippen LogP contribution in [-0.4, -0.2) is 45.9 Å². The number of aromatic nitrogens is 2. The summed E-state index contributed by atoms with van der Waals surface area (Å²) >= 11 is 0. The molecule has 1 atom stereocenters. The number of phenols is 1. The van der Waals surface area contributed by atoms with Gasteiger partial charge in [-0.1, -0.05) is 12.1 Å². The average molecular weight is 314 g/mol. The van der Waals surface area contributed by atoms with Crippen LogP contribution in [0.5, 0.6) is 5.75 Å². The van der Waals surface area contributed by atoms with Crippen molar-refractivity contribution in [3.8, 4) is 5.75 Å². The van der Waals surface area contributed by atoms with E-state index in [0.29, 0.717) is 5.95 Å². The highest BCUT2D eigenvalue weighted by atomic mass is 16.3. The Morgan fingerprint density at radius 3 is 2.83 bits per heavy atom. The Bertz CT molecular complexity index is 633. The van der Waals surface area contributed by atoms with E-state index in [1.54, 1.807) is 18.3 Å². The number of aromatic hydroxyl groups is 1. The molecule has 0 spiro atoms. The van der Waals surface area contributed by atoms with E-state index in [2.05, 4.69) is 20.2 Å². The van der Waals surface area contributed by atoms with Crippen LogP contribution in [0.15, 0.2) is 36.5 Å². The van der Waals surface area contributed by atoms with Crippen LogP contribution in [-0.2, 0) is 6.42 Å². The van der Waals surface area contributed by atoms with E-state index in [1.807, 2.05) is 18.2 Å². The first-order valence-electron chi connectivity index (χ1n) is 7.98. The van der Waals surface area contributed by atoms with Gasteiger partial charge in [-0.25, -0.2) is 4.98 Å². The minimum absolute atomic E-state index is 0.127. The van der Waals surface area contributed by atoms with Gasteiger partial charge in [-0.15, -0.1) is 0 Å². The predicted molar refractivity (Wildman–Crippen MR) is 89.8 cm³/mol. The number of nitrogens with zero attached hydrogens (tertiary/aromatic N) is 3. The first-order chi connectivity index (χ1) is 11.3. The molecule has 0 amide bonds. The maximum atomic E-state index is 9.42. The molecule has 1 aliphatic heterocycles. The van der Waals surface area contributed by atoms with Gasteiger partial charge in [-0.05, 0) is 43.0 Å². The van der Waals surface area contributed by atoms with Gasteiger partial charge in [-0.3, -0.25) is 0 Å². The molecule has 6 nitrogen and oxygen atoms in total. The van der Waals surface area contributed by atoms with Crippen molar-refractivity contribution in [1.82, 2.24) is 9.97 Å². The van der Waals surface area contributed by atoms with Crippen molar-refractivity contribution in [2.24, 2.45) is 0 Å². The number of aliphatic hydroxyl groups excluding tert-OH is 1. The zero-order chi connectivity index (χ0) is 16.1. The molecule has 3 rings (SSSR count). The maximum Gasteiger partial charge on any atom is 0.227 e. The third kappa shape index (κ3) is 3.90. The number of hydrogen-bond donors (Lipinski definition) is 3. The van der Waals surface area contributed by atoms with E-state index >= 15 is 0 Å². The average Bonchev–Trinajstić information content (AvgIpc) is 3.06. The summed E-state index contributed by atoms with van der Waals surface area (Å²) in [7, 11) is 0. The monoisotopic (exact) mass is 314 g/mol. The minimum atomic E-state index is 0.127. The summed E-state index contributed by atoms with van der Waals surface area (Å²) in [5.41, 5.74) is 1.16. The predicted octanol–water partition coefficient (Wildman–Crippen LogP) is 1.80. The Morgan fingerprint density at radius 1 is 1.22 bits per heavy atom.